The third kappa shape index (κ3) is 6.22. The van der Waals surface area contributed by atoms with Gasteiger partial charge in [0.2, 0.25) is 11.0 Å². The van der Waals surface area contributed by atoms with E-state index in [4.69, 9.17) is 4.84 Å². The molecule has 2 aromatic carbocycles. The zero-order chi connectivity index (χ0) is 25.5. The van der Waals surface area contributed by atoms with Gasteiger partial charge in [-0.25, -0.2) is 9.87 Å². The van der Waals surface area contributed by atoms with Crippen molar-refractivity contribution in [2.75, 3.05) is 11.9 Å². The minimum Gasteiger partial charge on any atom is -0.300 e. The van der Waals surface area contributed by atoms with Crippen molar-refractivity contribution in [3.8, 4) is 10.4 Å². The third-order valence-corrected chi connectivity index (χ3v) is 7.72. The van der Waals surface area contributed by atoms with E-state index in [1.54, 1.807) is 22.9 Å². The monoisotopic (exact) mass is 524 g/mol. The molecule has 0 unspecified atom stereocenters. The molecular formula is C27H29FN4O2S2. The molecule has 0 bridgehead atoms. The molecule has 188 valence electrons. The maximum atomic E-state index is 14.2. The number of nitrogens with one attached hydrogen (secondary N) is 2. The van der Waals surface area contributed by atoms with Crippen LogP contribution in [0.1, 0.15) is 49.1 Å². The summed E-state index contributed by atoms with van der Waals surface area (Å²) in [6.07, 6.45) is 1.01. The van der Waals surface area contributed by atoms with Gasteiger partial charge in [-0.3, -0.25) is 9.63 Å². The van der Waals surface area contributed by atoms with Crippen LogP contribution in [0.5, 0.6) is 0 Å². The van der Waals surface area contributed by atoms with Crippen LogP contribution in [0.15, 0.2) is 66.2 Å². The fourth-order valence-electron chi connectivity index (χ4n) is 3.98. The number of carbonyl (C=O) groups excluding carboxylic acids is 1. The molecule has 0 saturated heterocycles. The van der Waals surface area contributed by atoms with E-state index in [2.05, 4.69) is 46.1 Å². The van der Waals surface area contributed by atoms with Crippen molar-refractivity contribution < 1.29 is 14.0 Å². The predicted molar refractivity (Wildman–Crippen MR) is 143 cm³/mol. The number of benzene rings is 2. The standard InChI is InChI=1S/C27H29FN4O2S2/c1-4-14-30-34-16-18-8-10-19(11-9-18)22-12-13-23(36-22)24(20-6-5-7-21(28)15-20)27(2,3)25(33)31-26-32-29-17-35-26/h5-13,15,17,24,30H,4,14,16H2,1-3H3,(H,31,32,33)/t24-/m1/s1. The van der Waals surface area contributed by atoms with Crippen LogP contribution in [-0.2, 0) is 16.2 Å². The van der Waals surface area contributed by atoms with E-state index in [1.807, 2.05) is 38.1 Å². The molecule has 1 amide bonds. The zero-order valence-electron chi connectivity index (χ0n) is 20.5. The quantitative estimate of drug-likeness (QED) is 0.170. The molecule has 0 aliphatic carbocycles. The van der Waals surface area contributed by atoms with Crippen molar-refractivity contribution >= 4 is 33.7 Å². The highest BCUT2D eigenvalue weighted by Gasteiger charge is 2.40. The lowest BCUT2D eigenvalue weighted by molar-refractivity contribution is -0.124. The van der Waals surface area contributed by atoms with Crippen LogP contribution < -0.4 is 10.8 Å². The van der Waals surface area contributed by atoms with Gasteiger partial charge < -0.3 is 5.32 Å². The van der Waals surface area contributed by atoms with Gasteiger partial charge in [0.05, 0.1) is 12.0 Å². The summed E-state index contributed by atoms with van der Waals surface area (Å²) < 4.78 is 14.2. The van der Waals surface area contributed by atoms with Crippen molar-refractivity contribution in [3.63, 3.8) is 0 Å². The molecule has 4 aromatic rings. The number of rotatable bonds is 11. The first kappa shape index (κ1) is 26.1. The molecule has 0 aliphatic heterocycles. The van der Waals surface area contributed by atoms with Crippen molar-refractivity contribution in [1.29, 1.82) is 0 Å². The molecule has 0 saturated carbocycles. The number of hydroxylamine groups is 1. The Bertz CT molecular complexity index is 1270. The van der Waals surface area contributed by atoms with Crippen LogP contribution in [0, 0.1) is 11.2 Å². The summed E-state index contributed by atoms with van der Waals surface area (Å²) in [6.45, 7) is 7.15. The van der Waals surface area contributed by atoms with Crippen LogP contribution in [0.2, 0.25) is 0 Å². The molecule has 0 radical (unpaired) electrons. The van der Waals surface area contributed by atoms with Crippen LogP contribution in [-0.4, -0.2) is 22.6 Å². The van der Waals surface area contributed by atoms with Crippen molar-refractivity contribution in [2.24, 2.45) is 5.41 Å². The number of hydrogen-bond donors (Lipinski definition) is 2. The molecule has 0 aliphatic rings. The summed E-state index contributed by atoms with van der Waals surface area (Å²) in [5.74, 6) is -0.900. The summed E-state index contributed by atoms with van der Waals surface area (Å²) in [4.78, 5) is 20.9. The lowest BCUT2D eigenvalue weighted by Gasteiger charge is -2.32. The first-order valence-electron chi connectivity index (χ1n) is 11.7. The highest BCUT2D eigenvalue weighted by molar-refractivity contribution is 7.15. The molecule has 0 fully saturated rings. The van der Waals surface area contributed by atoms with Crippen molar-refractivity contribution in [3.05, 3.63) is 88.0 Å². The molecule has 36 heavy (non-hydrogen) atoms. The van der Waals surface area contributed by atoms with Gasteiger partial charge in [0.25, 0.3) is 0 Å². The Morgan fingerprint density at radius 3 is 2.64 bits per heavy atom. The zero-order valence-corrected chi connectivity index (χ0v) is 22.1. The second-order valence-corrected chi connectivity index (χ2v) is 10.9. The Labute approximate surface area is 218 Å². The minimum atomic E-state index is -0.895. The number of amides is 1. The molecule has 2 heterocycles. The molecule has 0 spiro atoms. The average Bonchev–Trinajstić information content (AvgIpc) is 3.55. The van der Waals surface area contributed by atoms with Crippen LogP contribution in [0.25, 0.3) is 10.4 Å². The van der Waals surface area contributed by atoms with E-state index in [1.165, 1.54) is 23.5 Å². The number of hydrogen-bond acceptors (Lipinski definition) is 7. The van der Waals surface area contributed by atoms with E-state index < -0.39 is 5.41 Å². The number of halogens is 1. The van der Waals surface area contributed by atoms with Crippen molar-refractivity contribution in [2.45, 2.75) is 39.7 Å². The predicted octanol–water partition coefficient (Wildman–Crippen LogP) is 6.63. The number of carbonyl (C=O) groups is 1. The van der Waals surface area contributed by atoms with Crippen molar-refractivity contribution in [1.82, 2.24) is 15.7 Å². The second kappa shape index (κ2) is 11.8. The Morgan fingerprint density at radius 1 is 1.14 bits per heavy atom. The summed E-state index contributed by atoms with van der Waals surface area (Å²) in [7, 11) is 0. The van der Waals surface area contributed by atoms with E-state index in [0.717, 1.165) is 39.4 Å². The first-order chi connectivity index (χ1) is 17.4. The number of anilines is 1. The van der Waals surface area contributed by atoms with Crippen LogP contribution >= 0.6 is 22.7 Å². The maximum Gasteiger partial charge on any atom is 0.232 e. The molecule has 4 rings (SSSR count). The van der Waals surface area contributed by atoms with E-state index in [0.29, 0.717) is 11.7 Å². The molecule has 6 nitrogen and oxygen atoms in total. The maximum absolute atomic E-state index is 14.2. The van der Waals surface area contributed by atoms with E-state index in [-0.39, 0.29) is 17.6 Å². The fraction of sp³-hybridized carbons (Fsp3) is 0.296. The normalized spacial score (nSPS) is 12.4. The van der Waals surface area contributed by atoms with Gasteiger partial charge in [-0.15, -0.1) is 21.5 Å². The Morgan fingerprint density at radius 2 is 1.94 bits per heavy atom. The fourth-order valence-corrected chi connectivity index (χ4v) is 5.75. The highest BCUT2D eigenvalue weighted by Crippen LogP contribution is 2.46. The van der Waals surface area contributed by atoms with Gasteiger partial charge in [0.15, 0.2) is 0 Å². The summed E-state index contributed by atoms with van der Waals surface area (Å²) in [6, 6.07) is 18.8. The summed E-state index contributed by atoms with van der Waals surface area (Å²) >= 11 is 2.86. The molecule has 9 heteroatoms. The largest absolute Gasteiger partial charge is 0.300 e. The van der Waals surface area contributed by atoms with E-state index in [9.17, 15) is 9.18 Å². The lowest BCUT2D eigenvalue weighted by atomic mass is 9.73. The Balaban J connectivity index is 1.60. The smallest absolute Gasteiger partial charge is 0.232 e. The number of aromatic nitrogens is 2. The second-order valence-electron chi connectivity index (χ2n) is 8.99. The first-order valence-corrected chi connectivity index (χ1v) is 13.4. The van der Waals surface area contributed by atoms with Gasteiger partial charge in [-0.05, 0) is 47.4 Å². The van der Waals surface area contributed by atoms with Gasteiger partial charge in [0, 0.05) is 22.2 Å². The van der Waals surface area contributed by atoms with Crippen LogP contribution in [0.4, 0.5) is 9.52 Å². The lowest BCUT2D eigenvalue weighted by Crippen LogP contribution is -2.36. The van der Waals surface area contributed by atoms with Gasteiger partial charge in [0.1, 0.15) is 11.3 Å². The average molecular weight is 525 g/mol. The molecular weight excluding hydrogens is 495 g/mol. The van der Waals surface area contributed by atoms with Gasteiger partial charge in [-0.2, -0.15) is 0 Å². The molecule has 1 atom stereocenters. The SMILES string of the molecule is CCCNOCc1ccc(-c2ccc([C@@H](c3cccc(F)c3)C(C)(C)C(=O)Nc3nncs3)s2)cc1. The number of nitrogens with zero attached hydrogens (tertiary/aromatic N) is 2. The van der Waals surface area contributed by atoms with E-state index >= 15 is 0 Å². The Kier molecular flexibility index (Phi) is 8.58. The van der Waals surface area contributed by atoms with Gasteiger partial charge in [-0.1, -0.05) is 68.5 Å². The third-order valence-electron chi connectivity index (χ3n) is 5.91. The number of thiophene rings is 1. The summed E-state index contributed by atoms with van der Waals surface area (Å²) in [5.41, 5.74) is 6.50. The summed E-state index contributed by atoms with van der Waals surface area (Å²) in [5, 5.41) is 11.0. The van der Waals surface area contributed by atoms with Gasteiger partial charge >= 0.3 is 0 Å². The molecule has 2 aromatic heterocycles. The molecule has 2 N–H and O–H groups in total. The Hall–Kier alpha value is -2.98. The topological polar surface area (TPSA) is 76.1 Å². The van der Waals surface area contributed by atoms with Crippen LogP contribution in [0.3, 0.4) is 0 Å². The highest BCUT2D eigenvalue weighted by atomic mass is 32.1. The minimum absolute atomic E-state index is 0.204.